The van der Waals surface area contributed by atoms with Gasteiger partial charge >= 0.3 is 0 Å². The molecule has 0 amide bonds. The normalized spacial score (nSPS) is 18.4. The van der Waals surface area contributed by atoms with Crippen molar-refractivity contribution in [1.29, 1.82) is 0 Å². The third kappa shape index (κ3) is 5.08. The van der Waals surface area contributed by atoms with Crippen molar-refractivity contribution in [3.05, 3.63) is 95.3 Å². The van der Waals surface area contributed by atoms with Crippen molar-refractivity contribution in [2.24, 2.45) is 5.92 Å². The minimum Gasteiger partial charge on any atom is -0.206 e. The Kier molecular flexibility index (Phi) is 6.88. The number of halogens is 1. The minimum atomic E-state index is -0.0457. The Morgan fingerprint density at radius 2 is 1.65 bits per heavy atom. The molecule has 0 nitrogen and oxygen atoms in total. The SMILES string of the molecule is C=CCC1CCC(c2ccc3cc(C#Cc4ccc(CCC)cc4)ccc3c2F)CC1. The second kappa shape index (κ2) is 9.97. The van der Waals surface area contributed by atoms with Gasteiger partial charge in [-0.15, -0.1) is 6.58 Å². The van der Waals surface area contributed by atoms with Crippen molar-refractivity contribution >= 4 is 10.8 Å². The van der Waals surface area contributed by atoms with E-state index < -0.39 is 0 Å². The summed E-state index contributed by atoms with van der Waals surface area (Å²) in [5.41, 5.74) is 4.16. The molecule has 1 fully saturated rings. The molecule has 1 aliphatic carbocycles. The largest absolute Gasteiger partial charge is 0.206 e. The number of aryl methyl sites for hydroxylation is 1. The van der Waals surface area contributed by atoms with Crippen LogP contribution in [-0.4, -0.2) is 0 Å². The van der Waals surface area contributed by atoms with E-state index >= 15 is 4.39 Å². The summed E-state index contributed by atoms with van der Waals surface area (Å²) in [6, 6.07) is 18.4. The lowest BCUT2D eigenvalue weighted by molar-refractivity contribution is 0.324. The predicted octanol–water partition coefficient (Wildman–Crippen LogP) is 8.18. The summed E-state index contributed by atoms with van der Waals surface area (Å²) in [5, 5.41) is 1.63. The van der Waals surface area contributed by atoms with Crippen LogP contribution in [0.2, 0.25) is 0 Å². The van der Waals surface area contributed by atoms with Crippen LogP contribution in [0.3, 0.4) is 0 Å². The van der Waals surface area contributed by atoms with Crippen LogP contribution in [-0.2, 0) is 6.42 Å². The van der Waals surface area contributed by atoms with Gasteiger partial charge in [-0.05, 0) is 91.1 Å². The highest BCUT2D eigenvalue weighted by atomic mass is 19.1. The molecule has 0 aromatic heterocycles. The van der Waals surface area contributed by atoms with Gasteiger partial charge in [0.2, 0.25) is 0 Å². The third-order valence-corrected chi connectivity index (χ3v) is 6.61. The molecule has 31 heavy (non-hydrogen) atoms. The molecule has 0 atom stereocenters. The molecule has 158 valence electrons. The van der Waals surface area contributed by atoms with Crippen molar-refractivity contribution in [3.8, 4) is 11.8 Å². The zero-order valence-electron chi connectivity index (χ0n) is 18.5. The molecular formula is C30H31F. The highest BCUT2D eigenvalue weighted by molar-refractivity contribution is 5.85. The molecule has 3 aromatic rings. The van der Waals surface area contributed by atoms with Crippen molar-refractivity contribution in [2.45, 2.75) is 57.8 Å². The van der Waals surface area contributed by atoms with Crippen molar-refractivity contribution in [3.63, 3.8) is 0 Å². The molecule has 0 radical (unpaired) electrons. The first-order chi connectivity index (χ1) is 15.2. The molecule has 0 N–H and O–H groups in total. The van der Waals surface area contributed by atoms with E-state index in [9.17, 15) is 0 Å². The van der Waals surface area contributed by atoms with E-state index in [1.54, 1.807) is 0 Å². The number of hydrogen-bond donors (Lipinski definition) is 0. The Bertz CT molecular complexity index is 1100. The van der Waals surface area contributed by atoms with Gasteiger partial charge in [0.1, 0.15) is 5.82 Å². The fraction of sp³-hybridized carbons (Fsp3) is 0.333. The number of fused-ring (bicyclic) bond motifs is 1. The van der Waals surface area contributed by atoms with Crippen molar-refractivity contribution in [2.75, 3.05) is 0 Å². The summed E-state index contributed by atoms with van der Waals surface area (Å²) in [5.74, 6) is 7.49. The minimum absolute atomic E-state index is 0.0457. The van der Waals surface area contributed by atoms with E-state index in [4.69, 9.17) is 0 Å². The maximum Gasteiger partial charge on any atom is 0.134 e. The Morgan fingerprint density at radius 1 is 0.935 bits per heavy atom. The van der Waals surface area contributed by atoms with Gasteiger partial charge in [0.15, 0.2) is 0 Å². The van der Waals surface area contributed by atoms with Gasteiger partial charge in [-0.3, -0.25) is 0 Å². The number of hydrogen-bond acceptors (Lipinski definition) is 0. The smallest absolute Gasteiger partial charge is 0.134 e. The highest BCUT2D eigenvalue weighted by Gasteiger charge is 2.24. The van der Waals surface area contributed by atoms with Crippen LogP contribution in [0.15, 0.2) is 67.3 Å². The lowest BCUT2D eigenvalue weighted by Gasteiger charge is -2.28. The molecule has 0 bridgehead atoms. The van der Waals surface area contributed by atoms with Crippen molar-refractivity contribution < 1.29 is 4.39 Å². The predicted molar refractivity (Wildman–Crippen MR) is 130 cm³/mol. The van der Waals surface area contributed by atoms with Gasteiger partial charge in [0.05, 0.1) is 0 Å². The standard InChI is InChI=1S/C30H31F/c1-3-5-22-7-9-24(10-8-22)11-12-25-15-19-29-27(21-25)18-20-28(30(29)31)26-16-13-23(6-4-2)14-17-26/h4,7-10,15,18-21,23,26H,2-3,5-6,13-14,16-17H2,1H3. The highest BCUT2D eigenvalue weighted by Crippen LogP contribution is 2.39. The van der Waals surface area contributed by atoms with Crippen LogP contribution in [0.5, 0.6) is 0 Å². The summed E-state index contributed by atoms with van der Waals surface area (Å²) in [7, 11) is 0. The average molecular weight is 411 g/mol. The van der Waals surface area contributed by atoms with E-state index in [2.05, 4.69) is 55.7 Å². The number of rotatable bonds is 5. The fourth-order valence-corrected chi connectivity index (χ4v) is 4.83. The first kappa shape index (κ1) is 21.4. The summed E-state index contributed by atoms with van der Waals surface area (Å²) in [6.45, 7) is 6.05. The second-order valence-electron chi connectivity index (χ2n) is 8.84. The van der Waals surface area contributed by atoms with E-state index in [0.717, 1.165) is 60.1 Å². The molecule has 1 heteroatoms. The van der Waals surface area contributed by atoms with Crippen LogP contribution in [0.1, 0.15) is 73.6 Å². The van der Waals surface area contributed by atoms with Crippen molar-refractivity contribution in [1.82, 2.24) is 0 Å². The molecule has 1 saturated carbocycles. The van der Waals surface area contributed by atoms with Gasteiger partial charge in [0.25, 0.3) is 0 Å². The fourth-order valence-electron chi connectivity index (χ4n) is 4.83. The summed E-state index contributed by atoms with van der Waals surface area (Å²) in [4.78, 5) is 0. The van der Waals surface area contributed by atoms with Crippen LogP contribution in [0.25, 0.3) is 10.8 Å². The number of allylic oxidation sites excluding steroid dienone is 1. The van der Waals surface area contributed by atoms with Crippen LogP contribution < -0.4 is 0 Å². The first-order valence-corrected chi connectivity index (χ1v) is 11.6. The maximum atomic E-state index is 15.3. The Hall–Kier alpha value is -2.85. The summed E-state index contributed by atoms with van der Waals surface area (Å²) >= 11 is 0. The van der Waals surface area contributed by atoms with Crippen LogP contribution >= 0.6 is 0 Å². The Morgan fingerprint density at radius 3 is 2.35 bits per heavy atom. The van der Waals surface area contributed by atoms with Crippen LogP contribution in [0, 0.1) is 23.6 Å². The van der Waals surface area contributed by atoms with Gasteiger partial charge in [0, 0.05) is 16.5 Å². The molecule has 4 rings (SSSR count). The van der Waals surface area contributed by atoms with Gasteiger partial charge < -0.3 is 0 Å². The molecule has 0 unspecified atom stereocenters. The quantitative estimate of drug-likeness (QED) is 0.294. The van der Waals surface area contributed by atoms with E-state index in [0.29, 0.717) is 11.3 Å². The average Bonchev–Trinajstić information content (AvgIpc) is 2.80. The third-order valence-electron chi connectivity index (χ3n) is 6.61. The molecule has 0 spiro atoms. The van der Waals surface area contributed by atoms with Crippen LogP contribution in [0.4, 0.5) is 4.39 Å². The monoisotopic (exact) mass is 410 g/mol. The van der Waals surface area contributed by atoms with E-state index in [-0.39, 0.29) is 5.82 Å². The van der Waals surface area contributed by atoms with Gasteiger partial charge in [-0.25, -0.2) is 4.39 Å². The summed E-state index contributed by atoms with van der Waals surface area (Å²) in [6.07, 6.45) is 9.83. The van der Waals surface area contributed by atoms with E-state index in [1.807, 2.05) is 30.3 Å². The Labute approximate surface area is 186 Å². The second-order valence-corrected chi connectivity index (χ2v) is 8.84. The molecule has 3 aromatic carbocycles. The zero-order valence-corrected chi connectivity index (χ0v) is 18.5. The lowest BCUT2D eigenvalue weighted by Crippen LogP contribution is -2.14. The van der Waals surface area contributed by atoms with Gasteiger partial charge in [-0.2, -0.15) is 0 Å². The Balaban J connectivity index is 1.52. The van der Waals surface area contributed by atoms with Gasteiger partial charge in [-0.1, -0.05) is 61.6 Å². The topological polar surface area (TPSA) is 0 Å². The lowest BCUT2D eigenvalue weighted by atomic mass is 9.77. The molecule has 0 saturated heterocycles. The molecule has 0 aliphatic heterocycles. The molecule has 0 heterocycles. The maximum absolute atomic E-state index is 15.3. The van der Waals surface area contributed by atoms with E-state index in [1.165, 1.54) is 18.4 Å². The molecule has 1 aliphatic rings. The first-order valence-electron chi connectivity index (χ1n) is 11.6. The summed E-state index contributed by atoms with van der Waals surface area (Å²) < 4.78 is 15.3. The molecular weight excluding hydrogens is 379 g/mol. The number of benzene rings is 3. The zero-order chi connectivity index (χ0) is 21.6.